The topological polar surface area (TPSA) is 101 Å². The molecule has 9 heteroatoms. The maximum atomic E-state index is 13.0. The van der Waals surface area contributed by atoms with E-state index in [-0.39, 0.29) is 24.3 Å². The van der Waals surface area contributed by atoms with Crippen LogP contribution in [-0.4, -0.2) is 71.5 Å². The van der Waals surface area contributed by atoms with E-state index in [2.05, 4.69) is 54.4 Å². The molecule has 0 aliphatic carbocycles. The predicted molar refractivity (Wildman–Crippen MR) is 158 cm³/mol. The smallest absolute Gasteiger partial charge is 0.255 e. The van der Waals surface area contributed by atoms with Gasteiger partial charge in [0.1, 0.15) is 17.9 Å². The van der Waals surface area contributed by atoms with Gasteiger partial charge in [-0.25, -0.2) is 0 Å². The number of carbonyl (C=O) groups is 3. The molecular formula is C33H38N4O5. The van der Waals surface area contributed by atoms with Crippen molar-refractivity contribution < 1.29 is 23.9 Å². The molecule has 3 aliphatic heterocycles. The van der Waals surface area contributed by atoms with Crippen molar-refractivity contribution in [3.05, 3.63) is 70.9 Å². The monoisotopic (exact) mass is 570 g/mol. The number of nitrogens with one attached hydrogen (secondary N) is 1. The van der Waals surface area contributed by atoms with Crippen LogP contribution < -0.4 is 10.1 Å². The number of benzene rings is 2. The number of aromatic nitrogens is 1. The number of amides is 3. The van der Waals surface area contributed by atoms with Crippen LogP contribution in [-0.2, 0) is 27.4 Å². The molecule has 3 aliphatic rings. The number of hydrogen-bond donors (Lipinski definition) is 1. The van der Waals surface area contributed by atoms with E-state index in [1.165, 1.54) is 5.56 Å². The molecule has 3 amide bonds. The Morgan fingerprint density at radius 1 is 1.07 bits per heavy atom. The third-order valence-electron chi connectivity index (χ3n) is 8.84. The van der Waals surface area contributed by atoms with E-state index >= 15 is 0 Å². The van der Waals surface area contributed by atoms with Gasteiger partial charge in [0.15, 0.2) is 0 Å². The summed E-state index contributed by atoms with van der Waals surface area (Å²) in [6.45, 7) is 8.06. The van der Waals surface area contributed by atoms with Gasteiger partial charge in [-0.15, -0.1) is 0 Å². The number of ether oxygens (including phenoxy) is 2. The molecular weight excluding hydrogens is 532 g/mol. The summed E-state index contributed by atoms with van der Waals surface area (Å²) in [5.74, 6) is 0.576. The fourth-order valence-corrected chi connectivity index (χ4v) is 6.38. The molecule has 2 fully saturated rings. The van der Waals surface area contributed by atoms with E-state index in [1.807, 2.05) is 12.1 Å². The molecule has 2 aromatic carbocycles. The average molecular weight is 571 g/mol. The number of imide groups is 1. The highest BCUT2D eigenvalue weighted by Gasteiger charge is 2.39. The number of methoxy groups -OCH3 is 1. The number of carbonyl (C=O) groups excluding carboxylic acids is 3. The fraction of sp³-hybridized carbons (Fsp3) is 0.455. The maximum absolute atomic E-state index is 13.0. The first-order valence-electron chi connectivity index (χ1n) is 14.8. The first-order valence-corrected chi connectivity index (χ1v) is 14.8. The van der Waals surface area contributed by atoms with Crippen LogP contribution in [0.15, 0.2) is 48.5 Å². The molecule has 1 unspecified atom stereocenters. The summed E-state index contributed by atoms with van der Waals surface area (Å²) in [5, 5.41) is 3.50. The van der Waals surface area contributed by atoms with E-state index in [4.69, 9.17) is 14.5 Å². The first kappa shape index (κ1) is 28.3. The zero-order valence-corrected chi connectivity index (χ0v) is 24.5. The molecule has 4 heterocycles. The molecule has 2 saturated heterocycles. The number of rotatable bonds is 9. The number of fused-ring (bicyclic) bond motifs is 2. The Labute approximate surface area is 246 Å². The Balaban J connectivity index is 1.07. The molecule has 3 aromatic rings. The highest BCUT2D eigenvalue weighted by Crippen LogP contribution is 2.32. The molecule has 220 valence electrons. The number of piperidine rings is 1. The summed E-state index contributed by atoms with van der Waals surface area (Å²) in [4.78, 5) is 45.8. The van der Waals surface area contributed by atoms with Crippen LogP contribution in [0.3, 0.4) is 0 Å². The summed E-state index contributed by atoms with van der Waals surface area (Å²) in [6, 6.07) is 15.8. The van der Waals surface area contributed by atoms with Gasteiger partial charge in [0.25, 0.3) is 5.91 Å². The molecule has 42 heavy (non-hydrogen) atoms. The molecule has 1 aromatic heterocycles. The van der Waals surface area contributed by atoms with Crippen LogP contribution in [0.5, 0.6) is 5.75 Å². The summed E-state index contributed by atoms with van der Waals surface area (Å²) in [7, 11) is 1.73. The Bertz CT molecular complexity index is 1520. The minimum Gasteiger partial charge on any atom is -0.489 e. The second-order valence-electron chi connectivity index (χ2n) is 12.0. The van der Waals surface area contributed by atoms with Crippen molar-refractivity contribution >= 4 is 28.6 Å². The van der Waals surface area contributed by atoms with Crippen LogP contribution in [0.2, 0.25) is 0 Å². The largest absolute Gasteiger partial charge is 0.489 e. The standard InChI is InChI=1S/C33H38N4O5/c1-20(12-13-41-3)27-9-5-23-14-22(4-8-28(23)34-27)17-36-16-21(2)30(19-36)42-25-6-7-26-24(15-25)18-37(33(26)40)29-10-11-31(38)35-32(29)39/h4-9,14-15,20-21,29-30H,10-13,16-19H2,1-3H3,(H,35,38,39)/t20-,21-,29?,30-/m1/s1. The minimum atomic E-state index is -0.618. The minimum absolute atomic E-state index is 0.0321. The van der Waals surface area contributed by atoms with Crippen molar-refractivity contribution in [3.8, 4) is 5.75 Å². The lowest BCUT2D eigenvalue weighted by atomic mass is 10.0. The number of likely N-dealkylation sites (tertiary alicyclic amines) is 1. The van der Waals surface area contributed by atoms with Gasteiger partial charge in [0, 0.05) is 74.8 Å². The van der Waals surface area contributed by atoms with E-state index in [0.29, 0.717) is 30.4 Å². The third kappa shape index (κ3) is 5.76. The Hall–Kier alpha value is -3.82. The lowest BCUT2D eigenvalue weighted by Gasteiger charge is -2.29. The molecule has 0 saturated carbocycles. The molecule has 0 bridgehead atoms. The van der Waals surface area contributed by atoms with Crippen LogP contribution >= 0.6 is 0 Å². The van der Waals surface area contributed by atoms with Crippen LogP contribution in [0, 0.1) is 5.92 Å². The van der Waals surface area contributed by atoms with Crippen molar-refractivity contribution in [2.24, 2.45) is 5.92 Å². The van der Waals surface area contributed by atoms with Crippen molar-refractivity contribution in [2.45, 2.75) is 64.3 Å². The summed E-state index contributed by atoms with van der Waals surface area (Å²) in [6.07, 6.45) is 1.58. The van der Waals surface area contributed by atoms with Gasteiger partial charge >= 0.3 is 0 Å². The van der Waals surface area contributed by atoms with Crippen molar-refractivity contribution in [3.63, 3.8) is 0 Å². The van der Waals surface area contributed by atoms with Crippen LogP contribution in [0.4, 0.5) is 0 Å². The SMILES string of the molecule is COCC[C@@H](C)c1ccc2cc(CN3C[C@@H](C)[C@H](Oc4ccc5c(c4)CN(C4CCC(=O)NC4=O)C5=O)C3)ccc2n1. The zero-order valence-electron chi connectivity index (χ0n) is 24.5. The molecule has 9 nitrogen and oxygen atoms in total. The number of nitrogens with zero attached hydrogens (tertiary/aromatic N) is 3. The van der Waals surface area contributed by atoms with Gasteiger partial charge in [0.05, 0.1) is 5.52 Å². The fourth-order valence-electron chi connectivity index (χ4n) is 6.38. The Kier molecular flexibility index (Phi) is 7.96. The van der Waals surface area contributed by atoms with E-state index < -0.39 is 11.9 Å². The lowest BCUT2D eigenvalue weighted by Crippen LogP contribution is -2.52. The highest BCUT2D eigenvalue weighted by atomic mass is 16.5. The normalized spacial score (nSPS) is 23.4. The van der Waals surface area contributed by atoms with Crippen molar-refractivity contribution in [1.82, 2.24) is 20.1 Å². The molecule has 0 radical (unpaired) electrons. The van der Waals surface area contributed by atoms with E-state index in [1.54, 1.807) is 18.1 Å². The zero-order chi connectivity index (χ0) is 29.4. The third-order valence-corrected chi connectivity index (χ3v) is 8.84. The number of pyridine rings is 1. The Morgan fingerprint density at radius 2 is 1.93 bits per heavy atom. The van der Waals surface area contributed by atoms with Gasteiger partial charge in [0.2, 0.25) is 11.8 Å². The first-order chi connectivity index (χ1) is 20.3. The number of hydrogen-bond acceptors (Lipinski definition) is 7. The van der Waals surface area contributed by atoms with Crippen molar-refractivity contribution in [1.29, 1.82) is 0 Å². The highest BCUT2D eigenvalue weighted by molar-refractivity contribution is 6.05. The van der Waals surface area contributed by atoms with Crippen LogP contribution in [0.25, 0.3) is 10.9 Å². The van der Waals surface area contributed by atoms with Gasteiger partial charge < -0.3 is 14.4 Å². The maximum Gasteiger partial charge on any atom is 0.255 e. The van der Waals surface area contributed by atoms with Gasteiger partial charge in [-0.05, 0) is 60.4 Å². The van der Waals surface area contributed by atoms with Crippen LogP contribution in [0.1, 0.15) is 66.2 Å². The second kappa shape index (κ2) is 11.8. The second-order valence-corrected chi connectivity index (χ2v) is 12.0. The van der Waals surface area contributed by atoms with Crippen molar-refractivity contribution in [2.75, 3.05) is 26.8 Å². The van der Waals surface area contributed by atoms with Gasteiger partial charge in [-0.1, -0.05) is 26.0 Å². The van der Waals surface area contributed by atoms with Gasteiger partial charge in [-0.2, -0.15) is 0 Å². The van der Waals surface area contributed by atoms with E-state index in [0.717, 1.165) is 60.6 Å². The molecule has 6 rings (SSSR count). The lowest BCUT2D eigenvalue weighted by molar-refractivity contribution is -0.136. The average Bonchev–Trinajstić information content (AvgIpc) is 3.48. The molecule has 4 atom stereocenters. The summed E-state index contributed by atoms with van der Waals surface area (Å²) < 4.78 is 11.7. The van der Waals surface area contributed by atoms with E-state index in [9.17, 15) is 14.4 Å². The molecule has 1 N–H and O–H groups in total. The Morgan fingerprint density at radius 3 is 2.74 bits per heavy atom. The quantitative estimate of drug-likeness (QED) is 0.388. The summed E-state index contributed by atoms with van der Waals surface area (Å²) >= 11 is 0. The van der Waals surface area contributed by atoms with Gasteiger partial charge in [-0.3, -0.25) is 29.6 Å². The molecule has 0 spiro atoms. The summed E-state index contributed by atoms with van der Waals surface area (Å²) in [5.41, 5.74) is 4.81. The predicted octanol–water partition coefficient (Wildman–Crippen LogP) is 4.04.